The Morgan fingerprint density at radius 3 is 2.51 bits per heavy atom. The molecule has 4 amide bonds. The van der Waals surface area contributed by atoms with E-state index in [2.05, 4.69) is 10.0 Å². The maximum Gasteiger partial charge on any atom is 0.410 e. The van der Waals surface area contributed by atoms with Gasteiger partial charge in [-0.1, -0.05) is 37.1 Å². The molecule has 0 spiro atoms. The van der Waals surface area contributed by atoms with Gasteiger partial charge in [0.2, 0.25) is 11.8 Å². The Labute approximate surface area is 309 Å². The number of rotatable bonds is 8. The molecule has 14 nitrogen and oxygen atoms in total. The second kappa shape index (κ2) is 16.1. The van der Waals surface area contributed by atoms with Gasteiger partial charge in [-0.2, -0.15) is 13.1 Å². The molecule has 3 N–H and O–H groups in total. The molecule has 2 saturated carbocycles. The van der Waals surface area contributed by atoms with Crippen LogP contribution in [0.2, 0.25) is 0 Å². The van der Waals surface area contributed by atoms with Crippen molar-refractivity contribution in [1.29, 1.82) is 0 Å². The van der Waals surface area contributed by atoms with Gasteiger partial charge in [-0.15, -0.1) is 0 Å². The molecule has 290 valence electrons. The molecular weight excluding hydrogens is 709 g/mol. The van der Waals surface area contributed by atoms with E-state index in [4.69, 9.17) is 9.47 Å². The van der Waals surface area contributed by atoms with Crippen molar-refractivity contribution in [1.82, 2.24) is 24.6 Å². The van der Waals surface area contributed by atoms with Crippen molar-refractivity contribution in [3.63, 3.8) is 0 Å². The monoisotopic (exact) mass is 759 g/mol. The van der Waals surface area contributed by atoms with E-state index in [1.807, 2.05) is 16.9 Å². The van der Waals surface area contributed by atoms with Gasteiger partial charge >= 0.3 is 22.3 Å². The number of carbonyl (C=O) groups is 5. The highest BCUT2D eigenvalue weighted by atomic mass is 32.2. The van der Waals surface area contributed by atoms with E-state index < -0.39 is 81.4 Å². The Morgan fingerprint density at radius 2 is 1.77 bits per heavy atom. The number of nitrogens with zero attached hydrogens (tertiary/aromatic N) is 2. The molecule has 0 radical (unpaired) electrons. The zero-order chi connectivity index (χ0) is 37.9. The van der Waals surface area contributed by atoms with Crippen LogP contribution in [0.25, 0.3) is 0 Å². The van der Waals surface area contributed by atoms with Crippen molar-refractivity contribution >= 4 is 40.0 Å². The quantitative estimate of drug-likeness (QED) is 0.264. The highest BCUT2D eigenvalue weighted by molar-refractivity contribution is 7.88. The summed E-state index contributed by atoms with van der Waals surface area (Å²) in [5.74, 6) is -4.30. The Bertz CT molecular complexity index is 1730. The molecule has 0 bridgehead atoms. The molecule has 3 aliphatic heterocycles. The molecule has 6 rings (SSSR count). The number of benzene rings is 1. The van der Waals surface area contributed by atoms with Crippen molar-refractivity contribution < 1.29 is 46.3 Å². The van der Waals surface area contributed by atoms with Crippen LogP contribution < -0.4 is 14.8 Å². The molecule has 3 heterocycles. The number of carbonyl (C=O) groups excluding carboxylic acids is 5. The fourth-order valence-electron chi connectivity index (χ4n) is 8.02. The molecule has 0 unspecified atom stereocenters. The summed E-state index contributed by atoms with van der Waals surface area (Å²) in [6, 6.07) is 2.93. The predicted octanol–water partition coefficient (Wildman–Crippen LogP) is 3.49. The number of amides is 4. The maximum atomic E-state index is 14.4. The van der Waals surface area contributed by atoms with Crippen molar-refractivity contribution in [2.45, 2.75) is 134 Å². The van der Waals surface area contributed by atoms with Gasteiger partial charge in [0.05, 0.1) is 19.5 Å². The molecule has 53 heavy (non-hydrogen) atoms. The van der Waals surface area contributed by atoms with Crippen LogP contribution in [0, 0.1) is 17.7 Å². The predicted molar refractivity (Wildman–Crippen MR) is 189 cm³/mol. The third-order valence-electron chi connectivity index (χ3n) is 10.8. The van der Waals surface area contributed by atoms with Crippen molar-refractivity contribution in [2.24, 2.45) is 11.8 Å². The van der Waals surface area contributed by atoms with E-state index in [0.717, 1.165) is 38.5 Å². The van der Waals surface area contributed by atoms with E-state index in [0.29, 0.717) is 30.4 Å². The van der Waals surface area contributed by atoms with Crippen LogP contribution in [0.4, 0.5) is 9.18 Å². The Morgan fingerprint density at radius 1 is 1.02 bits per heavy atom. The third kappa shape index (κ3) is 9.19. The molecular formula is C37H50FN5O9S. The van der Waals surface area contributed by atoms with Crippen LogP contribution in [0.15, 0.2) is 30.4 Å². The number of esters is 1. The SMILES string of the molecule is CC(C)NS(=O)(=O)NC(=O)[C@@]12C[C@H]1/C=C\CCCCC[C@H](CC(=O)OC1CCCC1)C(=O)N1C[C@H](OC(=O)N3Cc4cccc(F)c4C3)C[C@H]1C(=O)N2. The molecule has 5 aliphatic rings. The summed E-state index contributed by atoms with van der Waals surface area (Å²) in [6.45, 7) is 3.20. The summed E-state index contributed by atoms with van der Waals surface area (Å²) in [5.41, 5.74) is -0.545. The second-order valence-electron chi connectivity index (χ2n) is 15.3. The summed E-state index contributed by atoms with van der Waals surface area (Å²) in [5, 5.41) is 2.78. The first kappa shape index (κ1) is 38.7. The van der Waals surface area contributed by atoms with Gasteiger partial charge in [0.15, 0.2) is 0 Å². The Balaban J connectivity index is 1.24. The normalized spacial score (nSPS) is 28.6. The zero-order valence-electron chi connectivity index (χ0n) is 30.3. The van der Waals surface area contributed by atoms with Crippen molar-refractivity contribution in [2.75, 3.05) is 6.54 Å². The minimum atomic E-state index is -4.25. The van der Waals surface area contributed by atoms with Gasteiger partial charge in [0.25, 0.3) is 5.91 Å². The average Bonchev–Trinajstić information content (AvgIpc) is 3.51. The first-order chi connectivity index (χ1) is 25.2. The van der Waals surface area contributed by atoms with Gasteiger partial charge in [0.1, 0.15) is 29.6 Å². The molecule has 3 fully saturated rings. The van der Waals surface area contributed by atoms with E-state index in [1.165, 1.54) is 15.9 Å². The van der Waals surface area contributed by atoms with Crippen LogP contribution >= 0.6 is 0 Å². The zero-order valence-corrected chi connectivity index (χ0v) is 31.1. The van der Waals surface area contributed by atoms with Gasteiger partial charge in [0, 0.05) is 36.4 Å². The van der Waals surface area contributed by atoms with Crippen LogP contribution in [0.5, 0.6) is 0 Å². The molecule has 1 aromatic carbocycles. The van der Waals surface area contributed by atoms with Crippen LogP contribution in [-0.2, 0) is 52.0 Å². The first-order valence-electron chi connectivity index (χ1n) is 18.8. The summed E-state index contributed by atoms with van der Waals surface area (Å²) >= 11 is 0. The molecule has 16 heteroatoms. The molecule has 5 atom stereocenters. The lowest BCUT2D eigenvalue weighted by atomic mass is 9.95. The molecule has 0 aromatic heterocycles. The lowest BCUT2D eigenvalue weighted by molar-refractivity contribution is -0.154. The van der Waals surface area contributed by atoms with Crippen LogP contribution in [0.1, 0.15) is 102 Å². The number of ether oxygens (including phenoxy) is 2. The lowest BCUT2D eigenvalue weighted by Gasteiger charge is -2.29. The highest BCUT2D eigenvalue weighted by Gasteiger charge is 2.61. The first-order valence-corrected chi connectivity index (χ1v) is 20.3. The highest BCUT2D eigenvalue weighted by Crippen LogP contribution is 2.46. The molecule has 1 saturated heterocycles. The van der Waals surface area contributed by atoms with Gasteiger partial charge in [-0.3, -0.25) is 24.1 Å². The van der Waals surface area contributed by atoms with E-state index in [-0.39, 0.29) is 45.0 Å². The topological polar surface area (TPSA) is 181 Å². The minimum Gasteiger partial charge on any atom is -0.462 e. The van der Waals surface area contributed by atoms with E-state index >= 15 is 0 Å². The Kier molecular flexibility index (Phi) is 11.8. The lowest BCUT2D eigenvalue weighted by Crippen LogP contribution is -2.58. The second-order valence-corrected chi connectivity index (χ2v) is 16.8. The number of hydrogen-bond acceptors (Lipinski definition) is 9. The average molecular weight is 760 g/mol. The van der Waals surface area contributed by atoms with Gasteiger partial charge in [-0.25, -0.2) is 13.9 Å². The summed E-state index contributed by atoms with van der Waals surface area (Å²) < 4.78 is 55.8. The van der Waals surface area contributed by atoms with E-state index in [9.17, 15) is 36.8 Å². The van der Waals surface area contributed by atoms with Crippen molar-refractivity contribution in [3.05, 3.63) is 47.3 Å². The summed E-state index contributed by atoms with van der Waals surface area (Å²) in [6.07, 6.45) is 8.47. The minimum absolute atomic E-state index is 0.00636. The van der Waals surface area contributed by atoms with Crippen LogP contribution in [0.3, 0.4) is 0 Å². The smallest absolute Gasteiger partial charge is 0.410 e. The standard InChI is InChI=1S/C37H50FN5O9S/c1-23(2)40-53(49,50)41-35(47)37-19-26(37)13-7-5-3-4-6-11-24(17-32(44)51-27-14-8-9-15-27)34(46)43-21-28(18-31(43)33(45)39-37)52-36(48)42-20-25-12-10-16-30(38)29(25)22-42/h7,10,12-13,16,23-24,26-28,31,40H,3-6,8-9,11,14-15,17-22H2,1-2H3,(H,39,45)(H,41,47)/b13-7-/t24-,26-,28-,31+,37-/m1/s1. The van der Waals surface area contributed by atoms with Crippen molar-refractivity contribution in [3.8, 4) is 0 Å². The number of allylic oxidation sites excluding steroid dienone is 1. The number of fused-ring (bicyclic) bond motifs is 3. The largest absolute Gasteiger partial charge is 0.462 e. The summed E-state index contributed by atoms with van der Waals surface area (Å²) in [7, 11) is -4.25. The van der Waals surface area contributed by atoms with Crippen LogP contribution in [-0.4, -0.2) is 84.4 Å². The molecule has 1 aromatic rings. The fourth-order valence-corrected chi connectivity index (χ4v) is 9.12. The number of nitrogens with one attached hydrogen (secondary N) is 3. The fraction of sp³-hybridized carbons (Fsp3) is 0.649. The number of hydrogen-bond donors (Lipinski definition) is 3. The third-order valence-corrected chi connectivity index (χ3v) is 12.1. The number of halogens is 1. The van der Waals surface area contributed by atoms with Gasteiger partial charge < -0.3 is 19.7 Å². The van der Waals surface area contributed by atoms with Gasteiger partial charge in [-0.05, 0) is 76.8 Å². The van der Waals surface area contributed by atoms with E-state index in [1.54, 1.807) is 26.0 Å². The maximum absolute atomic E-state index is 14.4. The Hall–Kier alpha value is -4.05. The summed E-state index contributed by atoms with van der Waals surface area (Å²) in [4.78, 5) is 71.5. The molecule has 2 aliphatic carbocycles.